The zero-order valence-corrected chi connectivity index (χ0v) is 14.0. The van der Waals surface area contributed by atoms with E-state index in [0.717, 1.165) is 25.6 Å². The molecule has 5 heteroatoms. The minimum atomic E-state index is 0.223. The molecule has 18 heavy (non-hydrogen) atoms. The monoisotopic (exact) mass is 391 g/mol. The van der Waals surface area contributed by atoms with E-state index in [1.165, 1.54) is 43.4 Å². The van der Waals surface area contributed by atoms with Crippen molar-refractivity contribution < 1.29 is 4.79 Å². The van der Waals surface area contributed by atoms with E-state index in [2.05, 4.69) is 36.8 Å². The average Bonchev–Trinajstić information content (AvgIpc) is 2.93. The Bertz CT molecular complexity index is 454. The molecule has 2 fully saturated rings. The van der Waals surface area contributed by atoms with E-state index in [0.29, 0.717) is 6.04 Å². The number of thiophene rings is 1. The number of hydrogen-bond acceptors (Lipinski definition) is 2. The number of fused-ring (bicyclic) bond motifs is 1. The Morgan fingerprint density at radius 2 is 2.06 bits per heavy atom. The fourth-order valence-electron chi connectivity index (χ4n) is 3.25. The van der Waals surface area contributed by atoms with Gasteiger partial charge >= 0.3 is 0 Å². The van der Waals surface area contributed by atoms with Gasteiger partial charge in [0.25, 0.3) is 5.91 Å². The number of halogens is 2. The largest absolute Gasteiger partial charge is 0.335 e. The van der Waals surface area contributed by atoms with E-state index in [1.54, 1.807) is 0 Å². The molecule has 1 aliphatic heterocycles. The van der Waals surface area contributed by atoms with Crippen LogP contribution in [0.2, 0.25) is 0 Å². The molecule has 1 aliphatic carbocycles. The van der Waals surface area contributed by atoms with Crippen LogP contribution in [0.3, 0.4) is 0 Å². The highest BCUT2D eigenvalue weighted by atomic mass is 79.9. The van der Waals surface area contributed by atoms with Gasteiger partial charge in [-0.3, -0.25) is 4.79 Å². The third kappa shape index (κ3) is 2.29. The fraction of sp³-hybridized carbons (Fsp3) is 0.615. The number of carbonyl (C=O) groups is 1. The van der Waals surface area contributed by atoms with Gasteiger partial charge in [-0.15, -0.1) is 11.3 Å². The molecule has 0 spiro atoms. The zero-order chi connectivity index (χ0) is 12.7. The summed E-state index contributed by atoms with van der Waals surface area (Å²) in [5.74, 6) is 0.982. The van der Waals surface area contributed by atoms with Gasteiger partial charge in [-0.05, 0) is 63.1 Å². The van der Waals surface area contributed by atoms with Crippen LogP contribution in [0.15, 0.2) is 14.3 Å². The van der Waals surface area contributed by atoms with Crippen LogP contribution in [0, 0.1) is 5.92 Å². The molecule has 1 aromatic heterocycles. The molecule has 1 saturated heterocycles. The fourth-order valence-corrected chi connectivity index (χ4v) is 5.24. The van der Waals surface area contributed by atoms with Crippen molar-refractivity contribution in [1.82, 2.24) is 4.90 Å². The van der Waals surface area contributed by atoms with Crippen molar-refractivity contribution in [1.29, 1.82) is 0 Å². The van der Waals surface area contributed by atoms with Crippen LogP contribution < -0.4 is 0 Å². The molecule has 2 aliphatic rings. The second-order valence-electron chi connectivity index (χ2n) is 5.13. The molecule has 2 atom stereocenters. The molecule has 1 aromatic rings. The Kier molecular flexibility index (Phi) is 3.83. The summed E-state index contributed by atoms with van der Waals surface area (Å²) in [6.07, 6.45) is 6.34. The number of rotatable bonds is 1. The molecule has 0 N–H and O–H groups in total. The molecule has 0 aromatic carbocycles. The standard InChI is InChI=1S/C13H15Br2NOS/c14-9-7-11(18-12(9)15)13(17)16-6-5-8-3-1-2-4-10(8)16/h7-8,10H,1-6H2. The summed E-state index contributed by atoms with van der Waals surface area (Å²) < 4.78 is 1.99. The number of amides is 1. The lowest BCUT2D eigenvalue weighted by atomic mass is 9.85. The summed E-state index contributed by atoms with van der Waals surface area (Å²) in [6, 6.07) is 2.44. The molecule has 2 heterocycles. The van der Waals surface area contributed by atoms with Crippen LogP contribution >= 0.6 is 43.2 Å². The predicted octanol–water partition coefficient (Wildman–Crippen LogP) is 4.68. The quantitative estimate of drug-likeness (QED) is 0.679. The Labute approximate surface area is 128 Å². The number of carbonyl (C=O) groups excluding carboxylic acids is 1. The van der Waals surface area contributed by atoms with Gasteiger partial charge in [-0.25, -0.2) is 0 Å². The molecule has 0 bridgehead atoms. The molecule has 2 nitrogen and oxygen atoms in total. The maximum absolute atomic E-state index is 12.6. The SMILES string of the molecule is O=C(c1cc(Br)c(Br)s1)N1CCC2CCCCC21. The van der Waals surface area contributed by atoms with Crippen LogP contribution in [0.5, 0.6) is 0 Å². The van der Waals surface area contributed by atoms with Gasteiger partial charge in [-0.1, -0.05) is 12.8 Å². The van der Waals surface area contributed by atoms with E-state index < -0.39 is 0 Å². The van der Waals surface area contributed by atoms with Crippen molar-refractivity contribution in [3.8, 4) is 0 Å². The van der Waals surface area contributed by atoms with E-state index in [9.17, 15) is 4.79 Å². The van der Waals surface area contributed by atoms with Crippen molar-refractivity contribution in [3.63, 3.8) is 0 Å². The lowest BCUT2D eigenvalue weighted by Gasteiger charge is -2.31. The lowest BCUT2D eigenvalue weighted by molar-refractivity contribution is 0.0695. The van der Waals surface area contributed by atoms with Crippen LogP contribution in [-0.2, 0) is 0 Å². The van der Waals surface area contributed by atoms with Crippen LogP contribution in [0.4, 0.5) is 0 Å². The molecular formula is C13H15Br2NOS. The van der Waals surface area contributed by atoms with Gasteiger partial charge in [0.15, 0.2) is 0 Å². The highest BCUT2D eigenvalue weighted by Gasteiger charge is 2.38. The lowest BCUT2D eigenvalue weighted by Crippen LogP contribution is -2.38. The van der Waals surface area contributed by atoms with Gasteiger partial charge in [0.2, 0.25) is 0 Å². The highest BCUT2D eigenvalue weighted by molar-refractivity contribution is 9.13. The minimum Gasteiger partial charge on any atom is -0.335 e. The Hall–Kier alpha value is 0.130. The van der Waals surface area contributed by atoms with E-state index in [4.69, 9.17) is 0 Å². The van der Waals surface area contributed by atoms with Gasteiger partial charge < -0.3 is 4.90 Å². The zero-order valence-electron chi connectivity index (χ0n) is 9.99. The number of nitrogens with zero attached hydrogens (tertiary/aromatic N) is 1. The maximum atomic E-state index is 12.6. The first-order valence-corrected chi connectivity index (χ1v) is 8.83. The van der Waals surface area contributed by atoms with Gasteiger partial charge in [0, 0.05) is 17.1 Å². The molecule has 1 saturated carbocycles. The normalized spacial score (nSPS) is 27.3. The van der Waals surface area contributed by atoms with E-state index >= 15 is 0 Å². The molecule has 0 radical (unpaired) electrons. The van der Waals surface area contributed by atoms with Crippen LogP contribution in [0.1, 0.15) is 41.8 Å². The maximum Gasteiger partial charge on any atom is 0.264 e. The molecule has 2 unspecified atom stereocenters. The summed E-state index contributed by atoms with van der Waals surface area (Å²) in [5.41, 5.74) is 0. The first-order valence-electron chi connectivity index (χ1n) is 6.42. The highest BCUT2D eigenvalue weighted by Crippen LogP contribution is 2.39. The topological polar surface area (TPSA) is 20.3 Å². The second kappa shape index (κ2) is 5.25. The predicted molar refractivity (Wildman–Crippen MR) is 81.1 cm³/mol. The second-order valence-corrected chi connectivity index (χ2v) is 8.36. The van der Waals surface area contributed by atoms with E-state index in [-0.39, 0.29) is 5.91 Å². The average molecular weight is 393 g/mol. The first kappa shape index (κ1) is 13.1. The van der Waals surface area contributed by atoms with Gasteiger partial charge in [-0.2, -0.15) is 0 Å². The Balaban J connectivity index is 1.80. The van der Waals surface area contributed by atoms with E-state index in [1.807, 2.05) is 6.07 Å². The molecule has 3 rings (SSSR count). The van der Waals surface area contributed by atoms with Crippen molar-refractivity contribution in [2.75, 3.05) is 6.54 Å². The van der Waals surface area contributed by atoms with Crippen LogP contribution in [-0.4, -0.2) is 23.4 Å². The molecule has 98 valence electrons. The summed E-state index contributed by atoms with van der Waals surface area (Å²) in [4.78, 5) is 15.5. The third-order valence-electron chi connectivity index (χ3n) is 4.13. The Morgan fingerprint density at radius 3 is 2.78 bits per heavy atom. The van der Waals surface area contributed by atoms with Crippen molar-refractivity contribution in [2.24, 2.45) is 5.92 Å². The van der Waals surface area contributed by atoms with Gasteiger partial charge in [0.05, 0.1) is 8.66 Å². The molecular weight excluding hydrogens is 378 g/mol. The first-order chi connectivity index (χ1) is 8.66. The van der Waals surface area contributed by atoms with Gasteiger partial charge in [0.1, 0.15) is 0 Å². The summed E-state index contributed by atoms with van der Waals surface area (Å²) in [7, 11) is 0. The van der Waals surface area contributed by atoms with Crippen molar-refractivity contribution >= 4 is 49.1 Å². The van der Waals surface area contributed by atoms with Crippen molar-refractivity contribution in [2.45, 2.75) is 38.1 Å². The Morgan fingerprint density at radius 1 is 1.28 bits per heavy atom. The smallest absolute Gasteiger partial charge is 0.264 e. The van der Waals surface area contributed by atoms with Crippen LogP contribution in [0.25, 0.3) is 0 Å². The molecule has 1 amide bonds. The minimum absolute atomic E-state index is 0.223. The third-order valence-corrected chi connectivity index (χ3v) is 7.37. The number of likely N-dealkylation sites (tertiary alicyclic amines) is 1. The summed E-state index contributed by atoms with van der Waals surface area (Å²) in [5, 5.41) is 0. The summed E-state index contributed by atoms with van der Waals surface area (Å²) >= 11 is 8.44. The summed E-state index contributed by atoms with van der Waals surface area (Å²) in [6.45, 7) is 0.946. The van der Waals surface area contributed by atoms with Crippen molar-refractivity contribution in [3.05, 3.63) is 19.2 Å². The number of hydrogen-bond donors (Lipinski definition) is 0.